The van der Waals surface area contributed by atoms with Crippen LogP contribution in [0.4, 0.5) is 17.1 Å². The number of pyridine rings is 2. The molecule has 0 unspecified atom stereocenters. The first-order valence-electron chi connectivity index (χ1n) is 13.8. The first-order chi connectivity index (χ1) is 19.8. The van der Waals surface area contributed by atoms with Crippen LogP contribution in [-0.4, -0.2) is 21.6 Å². The molecular formula is C35H30N5OPt-3. The van der Waals surface area contributed by atoms with Crippen molar-refractivity contribution in [3.8, 4) is 17.4 Å². The Bertz CT molecular complexity index is 1910. The van der Waals surface area contributed by atoms with Crippen LogP contribution in [0.2, 0.25) is 0 Å². The number of benzene rings is 3. The number of fused-ring (bicyclic) bond motifs is 4. The Morgan fingerprint density at radius 2 is 1.60 bits per heavy atom. The second-order valence-corrected chi connectivity index (χ2v) is 11.6. The van der Waals surface area contributed by atoms with Gasteiger partial charge in [-0.25, -0.2) is 4.98 Å². The monoisotopic (exact) mass is 731 g/mol. The van der Waals surface area contributed by atoms with Crippen LogP contribution in [0.1, 0.15) is 26.3 Å². The number of hydrogen-bond acceptors (Lipinski definition) is 5. The molecular weight excluding hydrogens is 701 g/mol. The number of anilines is 3. The van der Waals surface area contributed by atoms with Crippen molar-refractivity contribution in [2.24, 2.45) is 5.41 Å². The molecule has 7 heteroatoms. The summed E-state index contributed by atoms with van der Waals surface area (Å²) < 4.78 is 8.44. The van der Waals surface area contributed by atoms with E-state index < -0.39 is 0 Å². The molecule has 1 aliphatic rings. The maximum atomic E-state index is 6.27. The quantitative estimate of drug-likeness (QED) is 0.167. The summed E-state index contributed by atoms with van der Waals surface area (Å²) in [5.41, 5.74) is 6.48. The molecule has 0 spiro atoms. The molecule has 7 rings (SSSR count). The predicted molar refractivity (Wildman–Crippen MR) is 165 cm³/mol. The van der Waals surface area contributed by atoms with Crippen LogP contribution in [0.3, 0.4) is 0 Å². The van der Waals surface area contributed by atoms with Crippen molar-refractivity contribution >= 4 is 38.9 Å². The van der Waals surface area contributed by atoms with Crippen molar-refractivity contribution < 1.29 is 25.8 Å². The summed E-state index contributed by atoms with van der Waals surface area (Å²) in [4.78, 5) is 13.4. The SMILES string of the molecule is CN1[CH-]N(c2[c-]c(Oc3[c-]c4c(cc3)c3ccccc3n4-c3cc(CC(C)(C)C)ccn3)ncc2)c2ccccc21.[Pt]. The van der Waals surface area contributed by atoms with Crippen molar-refractivity contribution in [2.75, 3.05) is 16.8 Å². The van der Waals surface area contributed by atoms with Crippen molar-refractivity contribution in [1.82, 2.24) is 14.5 Å². The summed E-state index contributed by atoms with van der Waals surface area (Å²) in [6, 6.07) is 33.8. The van der Waals surface area contributed by atoms with E-state index in [0.29, 0.717) is 11.6 Å². The Kier molecular flexibility index (Phi) is 7.28. The Morgan fingerprint density at radius 3 is 2.43 bits per heavy atom. The Balaban J connectivity index is 0.00000316. The fourth-order valence-corrected chi connectivity index (χ4v) is 5.59. The van der Waals surface area contributed by atoms with E-state index in [9.17, 15) is 0 Å². The van der Waals surface area contributed by atoms with Crippen LogP contribution in [0, 0.1) is 24.2 Å². The zero-order valence-corrected chi connectivity index (χ0v) is 26.2. The topological polar surface area (TPSA) is 46.4 Å². The number of ether oxygens (including phenoxy) is 1. The molecule has 42 heavy (non-hydrogen) atoms. The van der Waals surface area contributed by atoms with E-state index in [-0.39, 0.29) is 26.5 Å². The van der Waals surface area contributed by atoms with Crippen LogP contribution < -0.4 is 14.5 Å². The van der Waals surface area contributed by atoms with Gasteiger partial charge in [0.25, 0.3) is 0 Å². The van der Waals surface area contributed by atoms with Gasteiger partial charge in [-0.1, -0.05) is 56.6 Å². The maximum absolute atomic E-state index is 6.27. The van der Waals surface area contributed by atoms with Crippen molar-refractivity contribution in [3.05, 3.63) is 116 Å². The maximum Gasteiger partial charge on any atom is 0.135 e. The minimum Gasteiger partial charge on any atom is -0.504 e. The van der Waals surface area contributed by atoms with E-state index in [1.54, 1.807) is 6.20 Å². The van der Waals surface area contributed by atoms with Gasteiger partial charge >= 0.3 is 0 Å². The van der Waals surface area contributed by atoms with Crippen LogP contribution >= 0.6 is 0 Å². The molecule has 4 heterocycles. The number of rotatable bonds is 5. The molecule has 6 aromatic rings. The molecule has 0 saturated carbocycles. The summed E-state index contributed by atoms with van der Waals surface area (Å²) in [7, 11) is 2.04. The second kappa shape index (κ2) is 10.9. The summed E-state index contributed by atoms with van der Waals surface area (Å²) in [6.07, 6.45) is 4.60. The molecule has 0 atom stereocenters. The van der Waals surface area contributed by atoms with Crippen molar-refractivity contribution in [1.29, 1.82) is 0 Å². The van der Waals surface area contributed by atoms with Gasteiger partial charge in [-0.05, 0) is 66.4 Å². The first-order valence-corrected chi connectivity index (χ1v) is 13.8. The molecule has 0 fully saturated rings. The van der Waals surface area contributed by atoms with Gasteiger partial charge in [0, 0.05) is 49.9 Å². The standard InChI is InChI=1S/C35H30N5O.Pt/c1-35(2,3)22-24-15-17-36-33(19-24)40-29-10-6-5-9-27(29)28-14-13-26(21-32(28)40)41-34-20-25(16-18-37-34)39-23-38(4)30-11-7-8-12-31(30)39;/h5-19,23H,22H2,1-4H3;/q-3;. The Labute approximate surface area is 260 Å². The number of hydrogen-bond donors (Lipinski definition) is 0. The van der Waals surface area contributed by atoms with Crippen LogP contribution in [0.5, 0.6) is 11.6 Å². The molecule has 3 aromatic heterocycles. The molecule has 0 radical (unpaired) electrons. The Hall–Kier alpha value is -4.15. The average Bonchev–Trinajstić information content (AvgIpc) is 3.47. The third-order valence-corrected chi connectivity index (χ3v) is 7.27. The van der Waals surface area contributed by atoms with Gasteiger partial charge in [0.2, 0.25) is 0 Å². The molecule has 0 saturated heterocycles. The van der Waals surface area contributed by atoms with Gasteiger partial charge in [-0.3, -0.25) is 4.98 Å². The van der Waals surface area contributed by atoms with E-state index in [1.807, 2.05) is 44.2 Å². The van der Waals surface area contributed by atoms with E-state index in [1.165, 1.54) is 5.56 Å². The van der Waals surface area contributed by atoms with Crippen LogP contribution in [-0.2, 0) is 27.5 Å². The third-order valence-electron chi connectivity index (χ3n) is 7.27. The largest absolute Gasteiger partial charge is 0.504 e. The first kappa shape index (κ1) is 28.0. The van der Waals surface area contributed by atoms with Gasteiger partial charge in [0.1, 0.15) is 11.7 Å². The van der Waals surface area contributed by atoms with Crippen molar-refractivity contribution in [2.45, 2.75) is 27.2 Å². The molecule has 1 aliphatic heterocycles. The fourth-order valence-electron chi connectivity index (χ4n) is 5.59. The molecule has 3 aromatic carbocycles. The minimum absolute atomic E-state index is 0. The summed E-state index contributed by atoms with van der Waals surface area (Å²) in [5, 5.41) is 2.24. The predicted octanol–water partition coefficient (Wildman–Crippen LogP) is 8.26. The number of aromatic nitrogens is 3. The smallest absolute Gasteiger partial charge is 0.135 e. The molecule has 0 amide bonds. The summed E-state index contributed by atoms with van der Waals surface area (Å²) in [6.45, 7) is 8.80. The molecule has 6 nitrogen and oxygen atoms in total. The normalized spacial score (nSPS) is 13.0. The van der Waals surface area contributed by atoms with Gasteiger partial charge in [0.05, 0.1) is 0 Å². The van der Waals surface area contributed by atoms with E-state index in [0.717, 1.165) is 51.1 Å². The summed E-state index contributed by atoms with van der Waals surface area (Å²) in [5.74, 6) is 1.81. The zero-order valence-electron chi connectivity index (χ0n) is 23.9. The third kappa shape index (κ3) is 5.16. The molecule has 0 N–H and O–H groups in total. The van der Waals surface area contributed by atoms with Gasteiger partial charge < -0.3 is 19.1 Å². The summed E-state index contributed by atoms with van der Waals surface area (Å²) >= 11 is 0. The molecule has 214 valence electrons. The molecule has 0 bridgehead atoms. The van der Waals surface area contributed by atoms with E-state index in [2.05, 4.69) is 107 Å². The minimum atomic E-state index is 0. The van der Waals surface area contributed by atoms with Gasteiger partial charge in [-0.15, -0.1) is 17.5 Å². The van der Waals surface area contributed by atoms with E-state index >= 15 is 0 Å². The molecule has 0 aliphatic carbocycles. The second-order valence-electron chi connectivity index (χ2n) is 11.6. The Morgan fingerprint density at radius 1 is 0.833 bits per heavy atom. The fraction of sp³-hybridized carbons (Fsp3) is 0.171. The van der Waals surface area contributed by atoms with Crippen LogP contribution in [0.15, 0.2) is 91.3 Å². The number of nitrogens with zero attached hydrogens (tertiary/aromatic N) is 5. The average molecular weight is 732 g/mol. The van der Waals surface area contributed by atoms with Gasteiger partial charge in [0.15, 0.2) is 0 Å². The number of para-hydroxylation sites is 3. The zero-order chi connectivity index (χ0) is 28.1. The van der Waals surface area contributed by atoms with Gasteiger partial charge in [-0.2, -0.15) is 30.6 Å². The van der Waals surface area contributed by atoms with Crippen LogP contribution in [0.25, 0.3) is 27.6 Å². The van der Waals surface area contributed by atoms with E-state index in [4.69, 9.17) is 9.72 Å². The van der Waals surface area contributed by atoms with Crippen molar-refractivity contribution in [3.63, 3.8) is 0 Å².